The van der Waals surface area contributed by atoms with Gasteiger partial charge in [0.1, 0.15) is 13.2 Å². The van der Waals surface area contributed by atoms with E-state index in [9.17, 15) is 9.59 Å². The van der Waals surface area contributed by atoms with Gasteiger partial charge in [0.15, 0.2) is 0 Å². The van der Waals surface area contributed by atoms with E-state index in [1.54, 1.807) is 19.9 Å². The van der Waals surface area contributed by atoms with Crippen LogP contribution in [0.3, 0.4) is 0 Å². The molecule has 2 aromatic carbocycles. The first-order valence-corrected chi connectivity index (χ1v) is 10.7. The molecular weight excluding hydrogens is 416 g/mol. The number of hydrogen-bond acceptors (Lipinski definition) is 6. The van der Waals surface area contributed by atoms with E-state index in [0.717, 1.165) is 11.1 Å². The van der Waals surface area contributed by atoms with E-state index in [2.05, 4.69) is 5.32 Å². The van der Waals surface area contributed by atoms with Crippen molar-refractivity contribution in [3.8, 4) is 6.07 Å². The molecule has 0 aromatic heterocycles. The zero-order valence-electron chi connectivity index (χ0n) is 18.7. The second-order valence-corrected chi connectivity index (χ2v) is 7.50. The summed E-state index contributed by atoms with van der Waals surface area (Å²) in [6.45, 7) is 3.63. The fourth-order valence-corrected chi connectivity index (χ4v) is 3.73. The van der Waals surface area contributed by atoms with Crippen molar-refractivity contribution < 1.29 is 19.1 Å². The largest absolute Gasteiger partial charge is 0.461 e. The Kier molecular flexibility index (Phi) is 8.20. The van der Waals surface area contributed by atoms with Gasteiger partial charge in [0.2, 0.25) is 0 Å². The van der Waals surface area contributed by atoms with Crippen molar-refractivity contribution in [3.05, 3.63) is 100 Å². The summed E-state index contributed by atoms with van der Waals surface area (Å²) in [7, 11) is 0. The number of nitrogens with zero attached hydrogens (tertiary/aromatic N) is 1. The lowest BCUT2D eigenvalue weighted by Gasteiger charge is -2.30. The lowest BCUT2D eigenvalue weighted by molar-refractivity contribution is -0.139. The zero-order valence-corrected chi connectivity index (χ0v) is 18.7. The van der Waals surface area contributed by atoms with Crippen LogP contribution in [0.25, 0.3) is 6.08 Å². The highest BCUT2D eigenvalue weighted by Crippen LogP contribution is 2.39. The summed E-state index contributed by atoms with van der Waals surface area (Å²) in [6.07, 6.45) is 3.75. The van der Waals surface area contributed by atoms with Crippen LogP contribution in [0.15, 0.2) is 89.3 Å². The van der Waals surface area contributed by atoms with Crippen LogP contribution in [-0.2, 0) is 19.1 Å². The number of nitriles is 1. The molecule has 1 aliphatic heterocycles. The Morgan fingerprint density at radius 3 is 2.12 bits per heavy atom. The Morgan fingerprint density at radius 2 is 1.52 bits per heavy atom. The molecule has 0 fully saturated rings. The highest BCUT2D eigenvalue weighted by molar-refractivity contribution is 5.99. The fraction of sp³-hybridized carbons (Fsp3) is 0.222. The first-order valence-electron chi connectivity index (χ1n) is 10.7. The molecule has 1 N–H and O–H groups in total. The standard InChI is InChI=1S/C27H26N2O4/c1-19-23(26(30)32-17-9-13-21-11-5-3-6-12-21)25(22-14-7-4-8-15-22)24(20(2)29-19)27(31)33-18-10-16-28/h3-9,11-15,25,29H,10,17-18H2,1-2H3/b13-9+. The Morgan fingerprint density at radius 1 is 0.939 bits per heavy atom. The number of allylic oxidation sites excluding steroid dienone is 2. The molecule has 6 heteroatoms. The summed E-state index contributed by atoms with van der Waals surface area (Å²) in [5.74, 6) is -1.72. The van der Waals surface area contributed by atoms with Gasteiger partial charge in [-0.15, -0.1) is 0 Å². The Labute approximate surface area is 193 Å². The Bertz CT molecular complexity index is 1130. The van der Waals surface area contributed by atoms with Crippen LogP contribution in [-0.4, -0.2) is 25.2 Å². The number of ether oxygens (including phenoxy) is 2. The molecule has 33 heavy (non-hydrogen) atoms. The van der Waals surface area contributed by atoms with E-state index < -0.39 is 17.9 Å². The predicted octanol–water partition coefficient (Wildman–Crippen LogP) is 4.63. The quantitative estimate of drug-likeness (QED) is 0.473. The third-order valence-corrected chi connectivity index (χ3v) is 5.20. The van der Waals surface area contributed by atoms with E-state index in [4.69, 9.17) is 14.7 Å². The second-order valence-electron chi connectivity index (χ2n) is 7.50. The average Bonchev–Trinajstić information content (AvgIpc) is 2.82. The van der Waals surface area contributed by atoms with E-state index >= 15 is 0 Å². The molecule has 1 heterocycles. The number of benzene rings is 2. The fourth-order valence-electron chi connectivity index (χ4n) is 3.73. The minimum atomic E-state index is -0.646. The smallest absolute Gasteiger partial charge is 0.337 e. The molecule has 0 radical (unpaired) electrons. The van der Waals surface area contributed by atoms with Gasteiger partial charge in [-0.2, -0.15) is 5.26 Å². The van der Waals surface area contributed by atoms with Gasteiger partial charge in [-0.05, 0) is 31.1 Å². The summed E-state index contributed by atoms with van der Waals surface area (Å²) in [6, 6.07) is 21.0. The third kappa shape index (κ3) is 5.98. The highest BCUT2D eigenvalue weighted by atomic mass is 16.5. The molecule has 0 bridgehead atoms. The molecule has 1 unspecified atom stereocenters. The molecule has 1 atom stereocenters. The second kappa shape index (κ2) is 11.5. The number of carbonyl (C=O) groups is 2. The summed E-state index contributed by atoms with van der Waals surface area (Å²) >= 11 is 0. The van der Waals surface area contributed by atoms with Crippen molar-refractivity contribution in [2.24, 2.45) is 0 Å². The number of esters is 2. The van der Waals surface area contributed by atoms with Gasteiger partial charge in [0.25, 0.3) is 0 Å². The van der Waals surface area contributed by atoms with Crippen molar-refractivity contribution in [2.45, 2.75) is 26.2 Å². The molecule has 168 valence electrons. The third-order valence-electron chi connectivity index (χ3n) is 5.20. The molecular formula is C27H26N2O4. The maximum absolute atomic E-state index is 13.2. The SMILES string of the molecule is CC1=C(C(=O)OC/C=C/c2ccccc2)C(c2ccccc2)C(C(=O)OCCC#N)=C(C)N1. The highest BCUT2D eigenvalue weighted by Gasteiger charge is 2.37. The minimum Gasteiger partial charge on any atom is -0.461 e. The summed E-state index contributed by atoms with van der Waals surface area (Å²) in [5.41, 5.74) is 3.68. The van der Waals surface area contributed by atoms with Crippen LogP contribution in [0.2, 0.25) is 0 Å². The van der Waals surface area contributed by atoms with Crippen molar-refractivity contribution in [3.63, 3.8) is 0 Å². The van der Waals surface area contributed by atoms with Gasteiger partial charge in [0, 0.05) is 11.4 Å². The first-order chi connectivity index (χ1) is 16.0. The van der Waals surface area contributed by atoms with Crippen molar-refractivity contribution >= 4 is 18.0 Å². The number of carbonyl (C=O) groups excluding carboxylic acids is 2. The monoisotopic (exact) mass is 442 g/mol. The average molecular weight is 443 g/mol. The van der Waals surface area contributed by atoms with Crippen molar-refractivity contribution in [1.29, 1.82) is 5.26 Å². The molecule has 0 saturated heterocycles. The Hall–Kier alpha value is -4.11. The molecule has 3 rings (SSSR count). The van der Waals surface area contributed by atoms with Gasteiger partial charge in [0.05, 0.1) is 29.6 Å². The summed E-state index contributed by atoms with van der Waals surface area (Å²) in [4.78, 5) is 26.1. The van der Waals surface area contributed by atoms with Gasteiger partial charge in [-0.25, -0.2) is 9.59 Å². The van der Waals surface area contributed by atoms with Crippen LogP contribution < -0.4 is 5.32 Å². The van der Waals surface area contributed by atoms with E-state index in [-0.39, 0.29) is 19.6 Å². The zero-order chi connectivity index (χ0) is 23.6. The summed E-state index contributed by atoms with van der Waals surface area (Å²) < 4.78 is 10.9. The van der Waals surface area contributed by atoms with E-state index in [1.807, 2.05) is 72.8 Å². The van der Waals surface area contributed by atoms with Crippen molar-refractivity contribution in [1.82, 2.24) is 5.32 Å². The molecule has 2 aromatic rings. The molecule has 0 saturated carbocycles. The molecule has 0 spiro atoms. The van der Waals surface area contributed by atoms with Crippen LogP contribution in [0.4, 0.5) is 0 Å². The molecule has 1 aliphatic rings. The van der Waals surface area contributed by atoms with Gasteiger partial charge < -0.3 is 14.8 Å². The number of rotatable bonds is 8. The lowest BCUT2D eigenvalue weighted by Crippen LogP contribution is -2.32. The lowest BCUT2D eigenvalue weighted by atomic mass is 9.80. The van der Waals surface area contributed by atoms with E-state index in [0.29, 0.717) is 22.5 Å². The number of dihydropyridines is 1. The van der Waals surface area contributed by atoms with Gasteiger partial charge >= 0.3 is 11.9 Å². The van der Waals surface area contributed by atoms with Gasteiger partial charge in [-0.1, -0.05) is 66.7 Å². The van der Waals surface area contributed by atoms with Crippen LogP contribution >= 0.6 is 0 Å². The number of hydrogen-bond donors (Lipinski definition) is 1. The molecule has 0 aliphatic carbocycles. The van der Waals surface area contributed by atoms with Gasteiger partial charge in [-0.3, -0.25) is 0 Å². The topological polar surface area (TPSA) is 88.4 Å². The minimum absolute atomic E-state index is 0.0135. The van der Waals surface area contributed by atoms with E-state index in [1.165, 1.54) is 0 Å². The maximum atomic E-state index is 13.2. The van der Waals surface area contributed by atoms with Crippen LogP contribution in [0.5, 0.6) is 0 Å². The predicted molar refractivity (Wildman–Crippen MR) is 125 cm³/mol. The summed E-state index contributed by atoms with van der Waals surface area (Å²) in [5, 5.41) is 11.9. The Balaban J connectivity index is 1.85. The van der Waals surface area contributed by atoms with Crippen LogP contribution in [0, 0.1) is 11.3 Å². The first kappa shape index (κ1) is 23.6. The molecule has 0 amide bonds. The normalized spacial score (nSPS) is 15.7. The van der Waals surface area contributed by atoms with Crippen LogP contribution in [0.1, 0.15) is 37.3 Å². The molecule has 6 nitrogen and oxygen atoms in total. The van der Waals surface area contributed by atoms with Crippen molar-refractivity contribution in [2.75, 3.05) is 13.2 Å². The maximum Gasteiger partial charge on any atom is 0.337 e. The number of nitrogens with one attached hydrogen (secondary N) is 1.